The second-order valence-electron chi connectivity index (χ2n) is 3.68. The summed E-state index contributed by atoms with van der Waals surface area (Å²) >= 11 is 6.14. The van der Waals surface area contributed by atoms with Crippen molar-refractivity contribution < 1.29 is 9.84 Å². The minimum atomic E-state index is -0.529. The molecule has 0 spiro atoms. The van der Waals surface area contributed by atoms with Gasteiger partial charge in [-0.2, -0.15) is 5.10 Å². The van der Waals surface area contributed by atoms with Crippen LogP contribution in [0.4, 0.5) is 0 Å². The highest BCUT2D eigenvalue weighted by Gasteiger charge is 2.16. The lowest BCUT2D eigenvalue weighted by molar-refractivity contribution is 0.0420. The summed E-state index contributed by atoms with van der Waals surface area (Å²) in [6, 6.07) is 0. The molecule has 0 aliphatic rings. The van der Waals surface area contributed by atoms with E-state index in [0.29, 0.717) is 24.7 Å². The van der Waals surface area contributed by atoms with E-state index in [0.717, 1.165) is 17.9 Å². The van der Waals surface area contributed by atoms with E-state index in [1.807, 2.05) is 25.5 Å². The van der Waals surface area contributed by atoms with E-state index in [-0.39, 0.29) is 0 Å². The zero-order valence-corrected chi connectivity index (χ0v) is 10.8. The van der Waals surface area contributed by atoms with Crippen molar-refractivity contribution in [2.45, 2.75) is 39.8 Å². The number of halogens is 1. The molecule has 1 N–H and O–H groups in total. The highest BCUT2D eigenvalue weighted by molar-refractivity contribution is 6.31. The van der Waals surface area contributed by atoms with Gasteiger partial charge in [-0.25, -0.2) is 0 Å². The number of rotatable bonds is 6. The van der Waals surface area contributed by atoms with Gasteiger partial charge >= 0.3 is 0 Å². The summed E-state index contributed by atoms with van der Waals surface area (Å²) in [5.41, 5.74) is 1.69. The molecule has 1 rings (SSSR count). The van der Waals surface area contributed by atoms with Crippen molar-refractivity contribution >= 4 is 11.6 Å². The van der Waals surface area contributed by atoms with Crippen molar-refractivity contribution in [3.05, 3.63) is 16.4 Å². The maximum Gasteiger partial charge on any atom is 0.0848 e. The Hall–Kier alpha value is -0.580. The summed E-state index contributed by atoms with van der Waals surface area (Å²) in [7, 11) is 0. The number of aryl methyl sites for hydroxylation is 2. The van der Waals surface area contributed by atoms with Crippen LogP contribution in [0.5, 0.6) is 0 Å². The normalized spacial score (nSPS) is 13.1. The van der Waals surface area contributed by atoms with Crippen molar-refractivity contribution in [3.8, 4) is 0 Å². The monoisotopic (exact) mass is 246 g/mol. The van der Waals surface area contributed by atoms with Crippen molar-refractivity contribution in [2.75, 3.05) is 13.2 Å². The minimum Gasteiger partial charge on any atom is -0.390 e. The molecule has 0 amide bonds. The van der Waals surface area contributed by atoms with Crippen LogP contribution >= 0.6 is 11.6 Å². The molecule has 0 aliphatic carbocycles. The molecule has 0 aliphatic heterocycles. The first-order valence-electron chi connectivity index (χ1n) is 5.57. The van der Waals surface area contributed by atoms with Crippen molar-refractivity contribution in [1.82, 2.24) is 9.78 Å². The van der Waals surface area contributed by atoms with Crippen LogP contribution < -0.4 is 0 Å². The summed E-state index contributed by atoms with van der Waals surface area (Å²) in [6.45, 7) is 7.47. The predicted octanol–water partition coefficient (Wildman–Crippen LogP) is 1.80. The summed E-state index contributed by atoms with van der Waals surface area (Å²) in [5, 5.41) is 14.7. The molecule has 0 radical (unpaired) electrons. The van der Waals surface area contributed by atoms with Crippen LogP contribution in [0.3, 0.4) is 0 Å². The van der Waals surface area contributed by atoms with Crippen LogP contribution in [-0.2, 0) is 17.7 Å². The Labute approximate surface area is 101 Å². The molecule has 1 aromatic heterocycles. The number of nitrogens with zero attached hydrogens (tertiary/aromatic N) is 2. The van der Waals surface area contributed by atoms with E-state index < -0.39 is 6.10 Å². The number of hydrogen-bond acceptors (Lipinski definition) is 3. The number of aliphatic hydroxyl groups is 1. The highest BCUT2D eigenvalue weighted by Crippen LogP contribution is 2.21. The maximum atomic E-state index is 9.76. The average molecular weight is 247 g/mol. The molecule has 4 nitrogen and oxygen atoms in total. The fourth-order valence-corrected chi connectivity index (χ4v) is 1.81. The number of aliphatic hydroxyl groups excluding tert-OH is 1. The van der Waals surface area contributed by atoms with Crippen molar-refractivity contribution in [3.63, 3.8) is 0 Å². The van der Waals surface area contributed by atoms with Gasteiger partial charge in [0.15, 0.2) is 0 Å². The molecule has 1 heterocycles. The van der Waals surface area contributed by atoms with Gasteiger partial charge in [0.25, 0.3) is 0 Å². The first-order chi connectivity index (χ1) is 7.60. The Morgan fingerprint density at radius 1 is 1.50 bits per heavy atom. The van der Waals surface area contributed by atoms with E-state index >= 15 is 0 Å². The van der Waals surface area contributed by atoms with Crippen LogP contribution in [0.25, 0.3) is 0 Å². The molecule has 1 aromatic rings. The van der Waals surface area contributed by atoms with Gasteiger partial charge in [0, 0.05) is 19.6 Å². The zero-order chi connectivity index (χ0) is 12.1. The maximum absolute atomic E-state index is 9.76. The standard InChI is InChI=1S/C11H19ClN2O2/c1-4-14-10(11(12)8(3)13-14)6-9(15)7-16-5-2/h9,15H,4-7H2,1-3H3. The zero-order valence-electron chi connectivity index (χ0n) is 10.0. The van der Waals surface area contributed by atoms with Gasteiger partial charge in [-0.05, 0) is 20.8 Å². The molecule has 5 heteroatoms. The Morgan fingerprint density at radius 3 is 2.75 bits per heavy atom. The van der Waals surface area contributed by atoms with Crippen molar-refractivity contribution in [2.24, 2.45) is 0 Å². The molecule has 16 heavy (non-hydrogen) atoms. The van der Waals surface area contributed by atoms with E-state index in [9.17, 15) is 5.11 Å². The van der Waals surface area contributed by atoms with Gasteiger partial charge in [-0.15, -0.1) is 0 Å². The average Bonchev–Trinajstić information content (AvgIpc) is 2.54. The minimum absolute atomic E-state index is 0.334. The second kappa shape index (κ2) is 6.23. The summed E-state index contributed by atoms with van der Waals surface area (Å²) in [4.78, 5) is 0. The first kappa shape index (κ1) is 13.5. The van der Waals surface area contributed by atoms with E-state index in [1.165, 1.54) is 0 Å². The number of ether oxygens (including phenoxy) is 1. The van der Waals surface area contributed by atoms with Crippen LogP contribution in [0.15, 0.2) is 0 Å². The van der Waals surface area contributed by atoms with Crippen LogP contribution in [-0.4, -0.2) is 34.2 Å². The molecule has 1 atom stereocenters. The fourth-order valence-electron chi connectivity index (χ4n) is 1.60. The number of aromatic nitrogens is 2. The van der Waals surface area contributed by atoms with Crippen molar-refractivity contribution in [1.29, 1.82) is 0 Å². The SMILES string of the molecule is CCOCC(O)Cc1c(Cl)c(C)nn1CC. The smallest absolute Gasteiger partial charge is 0.0848 e. The van der Waals surface area contributed by atoms with Gasteiger partial charge in [0.05, 0.1) is 29.1 Å². The summed E-state index contributed by atoms with van der Waals surface area (Å²) < 4.78 is 6.99. The molecule has 92 valence electrons. The quantitative estimate of drug-likeness (QED) is 0.833. The highest BCUT2D eigenvalue weighted by atomic mass is 35.5. The number of hydrogen-bond donors (Lipinski definition) is 1. The molecule has 0 aromatic carbocycles. The lowest BCUT2D eigenvalue weighted by Crippen LogP contribution is -2.20. The molecule has 0 fully saturated rings. The summed E-state index contributed by atoms with van der Waals surface area (Å²) in [6.07, 6.45) is -0.0492. The Kier molecular flexibility index (Phi) is 5.25. The third-order valence-electron chi connectivity index (χ3n) is 2.40. The molecule has 0 bridgehead atoms. The molecule has 0 saturated heterocycles. The largest absolute Gasteiger partial charge is 0.390 e. The topological polar surface area (TPSA) is 47.3 Å². The summed E-state index contributed by atoms with van der Waals surface area (Å²) in [5.74, 6) is 0. The van der Waals surface area contributed by atoms with E-state index in [4.69, 9.17) is 16.3 Å². The molecule has 1 unspecified atom stereocenters. The predicted molar refractivity (Wildman–Crippen MR) is 63.9 cm³/mol. The lowest BCUT2D eigenvalue weighted by atomic mass is 10.2. The van der Waals surface area contributed by atoms with Gasteiger partial charge < -0.3 is 9.84 Å². The first-order valence-corrected chi connectivity index (χ1v) is 5.95. The van der Waals surface area contributed by atoms with Crippen LogP contribution in [0, 0.1) is 6.92 Å². The van der Waals surface area contributed by atoms with Crippen LogP contribution in [0.1, 0.15) is 25.2 Å². The Balaban J connectivity index is 2.71. The molecular weight excluding hydrogens is 228 g/mol. The molecule has 0 saturated carbocycles. The fraction of sp³-hybridized carbons (Fsp3) is 0.727. The Bertz CT molecular complexity index is 339. The van der Waals surface area contributed by atoms with Gasteiger partial charge in [0.1, 0.15) is 0 Å². The molecular formula is C11H19ClN2O2. The van der Waals surface area contributed by atoms with Gasteiger partial charge in [-0.3, -0.25) is 4.68 Å². The lowest BCUT2D eigenvalue weighted by Gasteiger charge is -2.11. The second-order valence-corrected chi connectivity index (χ2v) is 4.06. The van der Waals surface area contributed by atoms with Gasteiger partial charge in [-0.1, -0.05) is 11.6 Å². The third-order valence-corrected chi connectivity index (χ3v) is 2.89. The van der Waals surface area contributed by atoms with E-state index in [2.05, 4.69) is 5.10 Å². The Morgan fingerprint density at radius 2 is 2.19 bits per heavy atom. The van der Waals surface area contributed by atoms with Crippen LogP contribution in [0.2, 0.25) is 5.02 Å². The van der Waals surface area contributed by atoms with Gasteiger partial charge in [0.2, 0.25) is 0 Å². The third kappa shape index (κ3) is 3.20. The van der Waals surface area contributed by atoms with E-state index in [1.54, 1.807) is 0 Å².